The topological polar surface area (TPSA) is 21.7 Å². The number of benzene rings is 1. The lowest BCUT2D eigenvalue weighted by atomic mass is 9.79. The van der Waals surface area contributed by atoms with Crippen molar-refractivity contribution in [2.45, 2.75) is 13.0 Å². The molecule has 20 heavy (non-hydrogen) atoms. The highest BCUT2D eigenvalue weighted by molar-refractivity contribution is 6.74. The Balaban J connectivity index is 1.97. The normalized spacial score (nSPS) is 20.9. The maximum absolute atomic E-state index is 12.9. The monoisotopic (exact) mass is 288 g/mol. The van der Waals surface area contributed by atoms with Crippen LogP contribution in [0.5, 0.6) is 5.75 Å². The quantitative estimate of drug-likeness (QED) is 0.772. The SMILES string of the molecule is CCN1CCOC(COc2ccccc2[B-](F)(F)F)C1. The molecule has 1 atom stereocenters. The summed E-state index contributed by atoms with van der Waals surface area (Å²) in [6.07, 6.45) is -0.183. The molecule has 2 rings (SSSR count). The van der Waals surface area contributed by atoms with Gasteiger partial charge in [0.05, 0.1) is 12.4 Å². The molecule has 0 saturated carbocycles. The molecule has 1 aliphatic rings. The highest BCUT2D eigenvalue weighted by Crippen LogP contribution is 2.18. The van der Waals surface area contributed by atoms with Crippen LogP contribution in [0.25, 0.3) is 0 Å². The highest BCUT2D eigenvalue weighted by Gasteiger charge is 2.29. The van der Waals surface area contributed by atoms with E-state index >= 15 is 0 Å². The molecule has 0 amide bonds. The van der Waals surface area contributed by atoms with Gasteiger partial charge < -0.3 is 22.4 Å². The molecule has 0 aliphatic carbocycles. The molecule has 1 aromatic carbocycles. The van der Waals surface area contributed by atoms with Gasteiger partial charge in [-0.3, -0.25) is 4.90 Å². The molecular formula is C13H18BF3NO2-. The van der Waals surface area contributed by atoms with Crippen LogP contribution < -0.4 is 10.2 Å². The third-order valence-electron chi connectivity index (χ3n) is 3.37. The summed E-state index contributed by atoms with van der Waals surface area (Å²) < 4.78 is 49.5. The fourth-order valence-electron chi connectivity index (χ4n) is 2.23. The van der Waals surface area contributed by atoms with Crippen molar-refractivity contribution in [3.8, 4) is 5.75 Å². The molecule has 7 heteroatoms. The smallest absolute Gasteiger partial charge is 0.494 e. The molecule has 112 valence electrons. The Morgan fingerprint density at radius 2 is 2.10 bits per heavy atom. The van der Waals surface area contributed by atoms with Gasteiger partial charge in [-0.05, 0) is 12.6 Å². The lowest BCUT2D eigenvalue weighted by molar-refractivity contribution is -0.0462. The Morgan fingerprint density at radius 1 is 1.35 bits per heavy atom. The summed E-state index contributed by atoms with van der Waals surface area (Å²) >= 11 is 0. The summed E-state index contributed by atoms with van der Waals surface area (Å²) in [5, 5.41) is 0. The van der Waals surface area contributed by atoms with Crippen LogP contribution in [0.1, 0.15) is 6.92 Å². The van der Waals surface area contributed by atoms with Crippen molar-refractivity contribution in [1.29, 1.82) is 0 Å². The van der Waals surface area contributed by atoms with Crippen LogP contribution in [0, 0.1) is 0 Å². The number of nitrogens with zero attached hydrogens (tertiary/aromatic N) is 1. The van der Waals surface area contributed by atoms with E-state index in [-0.39, 0.29) is 18.5 Å². The van der Waals surface area contributed by atoms with Crippen molar-refractivity contribution in [2.75, 3.05) is 32.8 Å². The highest BCUT2D eigenvalue weighted by atomic mass is 19.4. The molecule has 1 unspecified atom stereocenters. The molecule has 1 heterocycles. The van der Waals surface area contributed by atoms with E-state index in [0.717, 1.165) is 19.2 Å². The van der Waals surface area contributed by atoms with Gasteiger partial charge in [-0.2, -0.15) is 0 Å². The molecule has 1 aromatic rings. The summed E-state index contributed by atoms with van der Waals surface area (Å²) in [5.74, 6) is -0.114. The van der Waals surface area contributed by atoms with Gasteiger partial charge in [-0.1, -0.05) is 30.6 Å². The van der Waals surface area contributed by atoms with Crippen molar-refractivity contribution in [3.05, 3.63) is 24.3 Å². The van der Waals surface area contributed by atoms with E-state index in [9.17, 15) is 12.9 Å². The first-order valence-corrected chi connectivity index (χ1v) is 6.76. The molecule has 0 N–H and O–H groups in total. The second kappa shape index (κ2) is 6.50. The van der Waals surface area contributed by atoms with Gasteiger partial charge >= 0.3 is 6.98 Å². The van der Waals surface area contributed by atoms with Gasteiger partial charge in [-0.25, -0.2) is 0 Å². The van der Waals surface area contributed by atoms with Crippen LogP contribution in [-0.4, -0.2) is 50.8 Å². The number of hydrogen-bond donors (Lipinski definition) is 0. The minimum absolute atomic E-state index is 0.114. The number of rotatable bonds is 5. The molecule has 0 spiro atoms. The number of para-hydroxylation sites is 1. The molecule has 1 aliphatic heterocycles. The Bertz CT molecular complexity index is 442. The van der Waals surface area contributed by atoms with Crippen LogP contribution in [0.15, 0.2) is 24.3 Å². The molecular weight excluding hydrogens is 270 g/mol. The van der Waals surface area contributed by atoms with Gasteiger partial charge in [0, 0.05) is 13.1 Å². The second-order valence-corrected chi connectivity index (χ2v) is 4.81. The number of morpholine rings is 1. The van der Waals surface area contributed by atoms with Crippen LogP contribution in [-0.2, 0) is 4.74 Å². The summed E-state index contributed by atoms with van der Waals surface area (Å²) in [6, 6.07) is 5.31. The van der Waals surface area contributed by atoms with E-state index in [1.807, 2.05) is 6.92 Å². The minimum Gasteiger partial charge on any atom is -0.494 e. The zero-order valence-corrected chi connectivity index (χ0v) is 11.4. The van der Waals surface area contributed by atoms with Crippen LogP contribution in [0.3, 0.4) is 0 Å². The maximum atomic E-state index is 12.9. The largest absolute Gasteiger partial charge is 0.513 e. The van der Waals surface area contributed by atoms with Crippen molar-refractivity contribution in [3.63, 3.8) is 0 Å². The first-order chi connectivity index (χ1) is 9.50. The average molecular weight is 288 g/mol. The number of likely N-dealkylation sites (N-methyl/N-ethyl adjacent to an activating group) is 1. The lowest BCUT2D eigenvalue weighted by Crippen LogP contribution is -2.45. The zero-order chi connectivity index (χ0) is 14.6. The standard InChI is InChI=1S/C13H18BF3NO2/c1-2-18-7-8-19-11(9-18)10-20-13-6-4-3-5-12(13)14(15,16)17/h3-6,11H,2,7-10H2,1H3/q-1. The molecule has 3 nitrogen and oxygen atoms in total. The lowest BCUT2D eigenvalue weighted by Gasteiger charge is -2.32. The van der Waals surface area contributed by atoms with E-state index in [0.29, 0.717) is 13.2 Å². The first kappa shape index (κ1) is 15.2. The number of hydrogen-bond acceptors (Lipinski definition) is 3. The molecule has 1 fully saturated rings. The van der Waals surface area contributed by atoms with E-state index in [1.54, 1.807) is 6.07 Å². The maximum Gasteiger partial charge on any atom is 0.513 e. The van der Waals surface area contributed by atoms with E-state index in [4.69, 9.17) is 9.47 Å². The van der Waals surface area contributed by atoms with Crippen LogP contribution in [0.4, 0.5) is 12.9 Å². The Morgan fingerprint density at radius 3 is 2.80 bits per heavy atom. The summed E-state index contributed by atoms with van der Waals surface area (Å²) in [5.41, 5.74) is -0.685. The fraction of sp³-hybridized carbons (Fsp3) is 0.538. The van der Waals surface area contributed by atoms with Gasteiger partial charge in [0.15, 0.2) is 0 Å². The van der Waals surface area contributed by atoms with E-state index in [1.165, 1.54) is 12.1 Å². The third kappa shape index (κ3) is 3.90. The fourth-order valence-corrected chi connectivity index (χ4v) is 2.23. The van der Waals surface area contributed by atoms with Crippen molar-refractivity contribution < 1.29 is 22.4 Å². The molecule has 0 bridgehead atoms. The Labute approximate surface area is 116 Å². The van der Waals surface area contributed by atoms with Crippen molar-refractivity contribution in [1.82, 2.24) is 4.90 Å². The predicted molar refractivity (Wildman–Crippen MR) is 72.5 cm³/mol. The summed E-state index contributed by atoms with van der Waals surface area (Å²) in [4.78, 5) is 2.19. The zero-order valence-electron chi connectivity index (χ0n) is 11.4. The van der Waals surface area contributed by atoms with Gasteiger partial charge in [0.2, 0.25) is 0 Å². The van der Waals surface area contributed by atoms with Crippen LogP contribution in [0.2, 0.25) is 0 Å². The summed E-state index contributed by atoms with van der Waals surface area (Å²) in [7, 11) is 0. The minimum atomic E-state index is -5.06. The Hall–Kier alpha value is -1.21. The van der Waals surface area contributed by atoms with Crippen LogP contribution >= 0.6 is 0 Å². The first-order valence-electron chi connectivity index (χ1n) is 6.76. The van der Waals surface area contributed by atoms with E-state index < -0.39 is 12.4 Å². The summed E-state index contributed by atoms with van der Waals surface area (Å²) in [6.45, 7) is 0.167. The molecule has 0 radical (unpaired) electrons. The van der Waals surface area contributed by atoms with Gasteiger partial charge in [-0.15, -0.1) is 0 Å². The molecule has 1 saturated heterocycles. The predicted octanol–water partition coefficient (Wildman–Crippen LogP) is 1.84. The molecule has 0 aromatic heterocycles. The third-order valence-corrected chi connectivity index (χ3v) is 3.37. The average Bonchev–Trinajstić information content (AvgIpc) is 2.44. The van der Waals surface area contributed by atoms with Gasteiger partial charge in [0.1, 0.15) is 12.7 Å². The Kier molecular flexibility index (Phi) is 4.93. The van der Waals surface area contributed by atoms with Crippen molar-refractivity contribution >= 4 is 12.4 Å². The van der Waals surface area contributed by atoms with Gasteiger partial charge in [0.25, 0.3) is 0 Å². The van der Waals surface area contributed by atoms with E-state index in [2.05, 4.69) is 4.90 Å². The number of ether oxygens (including phenoxy) is 2. The van der Waals surface area contributed by atoms with Crippen molar-refractivity contribution in [2.24, 2.45) is 0 Å². The number of halogens is 3. The second-order valence-electron chi connectivity index (χ2n) is 4.81.